The van der Waals surface area contributed by atoms with Crippen LogP contribution < -0.4 is 19.1 Å². The minimum absolute atomic E-state index is 0.0648. The van der Waals surface area contributed by atoms with Crippen LogP contribution in [0.5, 0.6) is 17.2 Å². The maximum Gasteiger partial charge on any atom is 0.245 e. The molecule has 174 valence electrons. The van der Waals surface area contributed by atoms with Crippen molar-refractivity contribution < 1.29 is 27.8 Å². The molecule has 0 N–H and O–H groups in total. The number of nitrogens with zero attached hydrogens (tertiary/aromatic N) is 1. The van der Waals surface area contributed by atoms with E-state index in [1.165, 1.54) is 6.07 Å². The number of hydrogen-bond donors (Lipinski definition) is 0. The van der Waals surface area contributed by atoms with Gasteiger partial charge in [-0.3, -0.25) is 4.79 Å². The number of carbonyl (C=O) groups is 1. The van der Waals surface area contributed by atoms with Crippen molar-refractivity contribution in [2.45, 2.75) is 31.6 Å². The second-order valence-corrected chi connectivity index (χ2v) is 8.88. The van der Waals surface area contributed by atoms with E-state index in [4.69, 9.17) is 14.2 Å². The van der Waals surface area contributed by atoms with Crippen LogP contribution >= 0.6 is 0 Å². The first kappa shape index (κ1) is 21.0. The summed E-state index contributed by atoms with van der Waals surface area (Å²) in [7, 11) is 0. The molecule has 34 heavy (non-hydrogen) atoms. The molecule has 3 heterocycles. The number of fused-ring (bicyclic) bond motifs is 5. The molecule has 7 heteroatoms. The van der Waals surface area contributed by atoms with Crippen molar-refractivity contribution in [1.82, 2.24) is 0 Å². The lowest BCUT2D eigenvalue weighted by Crippen LogP contribution is -2.43. The number of ether oxygens (including phenoxy) is 3. The third kappa shape index (κ3) is 2.85. The first-order chi connectivity index (χ1) is 16.5. The first-order valence-corrected chi connectivity index (χ1v) is 11.5. The summed E-state index contributed by atoms with van der Waals surface area (Å²) in [6, 6.07) is 12.3. The lowest BCUT2D eigenvalue weighted by atomic mass is 9.74. The third-order valence-electron chi connectivity index (χ3n) is 6.95. The predicted molar refractivity (Wildman–Crippen MR) is 123 cm³/mol. The van der Waals surface area contributed by atoms with E-state index in [0.717, 1.165) is 31.4 Å². The molecule has 3 aromatic carbocycles. The number of hydrogen-bond acceptors (Lipinski definition) is 4. The van der Waals surface area contributed by atoms with E-state index in [1.54, 1.807) is 29.2 Å². The standard InChI is InChI=1S/C27H23F2NO4/c1-2-3-4-10-30-21-7-5-6-17(18-11-16(28)8-9-20(18)29)25(21)27(26(30)31)14-32-22-13-24-23(12-19(22)27)33-15-34-24/h5-9,11-13H,2-4,10,14-15H2,1H3/t27-/m0/s1. The second kappa shape index (κ2) is 7.72. The van der Waals surface area contributed by atoms with Gasteiger partial charge in [0.15, 0.2) is 11.5 Å². The summed E-state index contributed by atoms with van der Waals surface area (Å²) in [5.41, 5.74) is 1.41. The maximum atomic E-state index is 15.0. The quantitative estimate of drug-likeness (QED) is 0.464. The van der Waals surface area contributed by atoms with Crippen LogP contribution in [0.3, 0.4) is 0 Å². The zero-order chi connectivity index (χ0) is 23.4. The fourth-order valence-electron chi connectivity index (χ4n) is 5.35. The number of amides is 1. The monoisotopic (exact) mass is 463 g/mol. The van der Waals surface area contributed by atoms with Gasteiger partial charge in [-0.2, -0.15) is 0 Å². The smallest absolute Gasteiger partial charge is 0.245 e. The van der Waals surface area contributed by atoms with Crippen molar-refractivity contribution in [1.29, 1.82) is 0 Å². The second-order valence-electron chi connectivity index (χ2n) is 8.88. The van der Waals surface area contributed by atoms with Gasteiger partial charge in [-0.1, -0.05) is 31.9 Å². The molecule has 0 saturated heterocycles. The molecular formula is C27H23F2NO4. The van der Waals surface area contributed by atoms with Crippen LogP contribution in [0.2, 0.25) is 0 Å². The third-order valence-corrected chi connectivity index (χ3v) is 6.95. The van der Waals surface area contributed by atoms with E-state index >= 15 is 0 Å². The molecule has 0 unspecified atom stereocenters. The minimum atomic E-state index is -1.19. The average molecular weight is 463 g/mol. The molecule has 1 amide bonds. The molecule has 0 fully saturated rings. The highest BCUT2D eigenvalue weighted by molar-refractivity contribution is 6.13. The Kier molecular flexibility index (Phi) is 4.76. The molecule has 3 aromatic rings. The van der Waals surface area contributed by atoms with Crippen molar-refractivity contribution in [3.63, 3.8) is 0 Å². The van der Waals surface area contributed by atoms with Gasteiger partial charge in [0.2, 0.25) is 12.7 Å². The summed E-state index contributed by atoms with van der Waals surface area (Å²) in [4.78, 5) is 16.0. The van der Waals surface area contributed by atoms with Crippen molar-refractivity contribution in [2.75, 3.05) is 24.8 Å². The van der Waals surface area contributed by atoms with Gasteiger partial charge in [-0.15, -0.1) is 0 Å². The molecule has 1 atom stereocenters. The zero-order valence-corrected chi connectivity index (χ0v) is 18.7. The number of unbranched alkanes of at least 4 members (excludes halogenated alkanes) is 2. The van der Waals surface area contributed by atoms with Gasteiger partial charge in [-0.05, 0) is 42.3 Å². The molecule has 1 spiro atoms. The van der Waals surface area contributed by atoms with Gasteiger partial charge in [0, 0.05) is 35.0 Å². The predicted octanol–water partition coefficient (Wildman–Crippen LogP) is 5.58. The summed E-state index contributed by atoms with van der Waals surface area (Å²) in [5, 5.41) is 0. The molecule has 6 rings (SSSR count). The normalized spacial score (nSPS) is 19.5. The lowest BCUT2D eigenvalue weighted by molar-refractivity contribution is -0.122. The molecular weight excluding hydrogens is 440 g/mol. The van der Waals surface area contributed by atoms with Crippen molar-refractivity contribution in [2.24, 2.45) is 0 Å². The van der Waals surface area contributed by atoms with Crippen LogP contribution in [0.15, 0.2) is 48.5 Å². The number of rotatable bonds is 5. The van der Waals surface area contributed by atoms with Gasteiger partial charge in [0.05, 0.1) is 0 Å². The van der Waals surface area contributed by atoms with E-state index in [-0.39, 0.29) is 24.9 Å². The Balaban J connectivity index is 1.61. The van der Waals surface area contributed by atoms with E-state index in [1.807, 2.05) is 6.07 Å². The van der Waals surface area contributed by atoms with Crippen LogP contribution in [0.1, 0.15) is 37.3 Å². The van der Waals surface area contributed by atoms with Gasteiger partial charge in [0.1, 0.15) is 29.4 Å². The van der Waals surface area contributed by atoms with E-state index < -0.39 is 17.0 Å². The average Bonchev–Trinajstić information content (AvgIpc) is 3.51. The van der Waals surface area contributed by atoms with Crippen molar-refractivity contribution in [3.05, 3.63) is 71.3 Å². The van der Waals surface area contributed by atoms with Crippen molar-refractivity contribution in [3.8, 4) is 28.4 Å². The van der Waals surface area contributed by atoms with Gasteiger partial charge >= 0.3 is 0 Å². The Labute approximate surface area is 195 Å². The van der Waals surface area contributed by atoms with Crippen LogP contribution in [0, 0.1) is 11.6 Å². The van der Waals surface area contributed by atoms with Crippen LogP contribution in [-0.4, -0.2) is 25.9 Å². The Bertz CT molecular complexity index is 1320. The highest BCUT2D eigenvalue weighted by Gasteiger charge is 2.58. The summed E-state index contributed by atoms with van der Waals surface area (Å²) in [6.45, 7) is 2.81. The molecule has 3 aliphatic heterocycles. The Hall–Kier alpha value is -3.61. The SMILES string of the molecule is CCCCCN1C(=O)[C@]2(COc3cc4c(cc32)OCO4)c2c(-c3cc(F)ccc3F)cccc21. The Morgan fingerprint density at radius 1 is 0.941 bits per heavy atom. The highest BCUT2D eigenvalue weighted by atomic mass is 19.1. The highest BCUT2D eigenvalue weighted by Crippen LogP contribution is 2.57. The van der Waals surface area contributed by atoms with E-state index in [0.29, 0.717) is 46.2 Å². The number of halogens is 2. The Morgan fingerprint density at radius 2 is 1.76 bits per heavy atom. The first-order valence-electron chi connectivity index (χ1n) is 11.5. The summed E-state index contributed by atoms with van der Waals surface area (Å²) >= 11 is 0. The topological polar surface area (TPSA) is 48.0 Å². The summed E-state index contributed by atoms with van der Waals surface area (Å²) < 4.78 is 46.3. The summed E-state index contributed by atoms with van der Waals surface area (Å²) in [5.74, 6) is 0.418. The van der Waals surface area contributed by atoms with Crippen LogP contribution in [0.4, 0.5) is 14.5 Å². The number of anilines is 1. The van der Waals surface area contributed by atoms with Gasteiger partial charge < -0.3 is 19.1 Å². The van der Waals surface area contributed by atoms with Gasteiger partial charge in [0.25, 0.3) is 0 Å². The molecule has 0 radical (unpaired) electrons. The Morgan fingerprint density at radius 3 is 2.59 bits per heavy atom. The number of carbonyl (C=O) groups excluding carboxylic acids is 1. The molecule has 0 aliphatic carbocycles. The van der Waals surface area contributed by atoms with Gasteiger partial charge in [-0.25, -0.2) is 8.78 Å². The lowest BCUT2D eigenvalue weighted by Gasteiger charge is -2.24. The molecule has 3 aliphatic rings. The fourth-order valence-corrected chi connectivity index (χ4v) is 5.35. The zero-order valence-electron chi connectivity index (χ0n) is 18.7. The van der Waals surface area contributed by atoms with E-state index in [2.05, 4.69) is 6.92 Å². The van der Waals surface area contributed by atoms with Crippen molar-refractivity contribution >= 4 is 11.6 Å². The minimum Gasteiger partial charge on any atom is -0.491 e. The van der Waals surface area contributed by atoms with E-state index in [9.17, 15) is 13.6 Å². The maximum absolute atomic E-state index is 15.0. The number of benzene rings is 3. The van der Waals surface area contributed by atoms with Crippen LogP contribution in [-0.2, 0) is 10.2 Å². The largest absolute Gasteiger partial charge is 0.491 e. The summed E-state index contributed by atoms with van der Waals surface area (Å²) in [6.07, 6.45) is 2.84. The molecule has 0 aromatic heterocycles. The molecule has 0 bridgehead atoms. The fraction of sp³-hybridized carbons (Fsp3) is 0.296. The molecule has 5 nitrogen and oxygen atoms in total. The molecule has 0 saturated carbocycles. The van der Waals surface area contributed by atoms with Crippen LogP contribution in [0.25, 0.3) is 11.1 Å².